The van der Waals surface area contributed by atoms with Crippen LogP contribution in [0.2, 0.25) is 0 Å². The molecule has 0 bridgehead atoms. The van der Waals surface area contributed by atoms with E-state index in [2.05, 4.69) is 143 Å². The van der Waals surface area contributed by atoms with Gasteiger partial charge in [-0.1, -0.05) is 103 Å². The fourth-order valence-corrected chi connectivity index (χ4v) is 6.77. The Morgan fingerprint density at radius 2 is 1.41 bits per heavy atom. The van der Waals surface area contributed by atoms with E-state index in [4.69, 9.17) is 9.41 Å². The number of rotatable bonds is 4. The normalized spacial score (nSPS) is 17.5. The van der Waals surface area contributed by atoms with Crippen LogP contribution in [0.4, 0.5) is 5.69 Å². The van der Waals surface area contributed by atoms with E-state index in [9.17, 15) is 0 Å². The van der Waals surface area contributed by atoms with E-state index >= 15 is 0 Å². The summed E-state index contributed by atoms with van der Waals surface area (Å²) in [7, 11) is 0. The molecule has 9 rings (SSSR count). The van der Waals surface area contributed by atoms with Crippen LogP contribution >= 0.6 is 0 Å². The molecule has 2 atom stereocenters. The lowest BCUT2D eigenvalue weighted by atomic mass is 9.95. The van der Waals surface area contributed by atoms with Crippen molar-refractivity contribution in [3.63, 3.8) is 0 Å². The number of furan rings is 1. The topological polar surface area (TPSA) is 41.6 Å². The van der Waals surface area contributed by atoms with Crippen LogP contribution in [0.25, 0.3) is 55.1 Å². The molecule has 44 heavy (non-hydrogen) atoms. The summed E-state index contributed by atoms with van der Waals surface area (Å²) in [6.07, 6.45) is 10.5. The Hall–Kier alpha value is -5.74. The molecule has 3 heterocycles. The lowest BCUT2D eigenvalue weighted by Crippen LogP contribution is -2.39. The molecule has 1 aliphatic carbocycles. The van der Waals surface area contributed by atoms with Crippen molar-refractivity contribution in [3.8, 4) is 22.3 Å². The molecule has 0 saturated carbocycles. The number of pyridine rings is 1. The monoisotopic (exact) mass is 565 g/mol. The van der Waals surface area contributed by atoms with E-state index in [-0.39, 0.29) is 12.1 Å². The third kappa shape index (κ3) is 3.92. The molecule has 0 spiro atoms. The average molecular weight is 566 g/mol. The van der Waals surface area contributed by atoms with E-state index in [0.717, 1.165) is 72.2 Å². The zero-order chi connectivity index (χ0) is 29.0. The molecule has 0 radical (unpaired) electrons. The zero-order valence-corrected chi connectivity index (χ0v) is 23.8. The van der Waals surface area contributed by atoms with Crippen LogP contribution in [0.5, 0.6) is 0 Å². The highest BCUT2D eigenvalue weighted by molar-refractivity contribution is 6.16. The Morgan fingerprint density at radius 3 is 2.32 bits per heavy atom. The van der Waals surface area contributed by atoms with Gasteiger partial charge in [-0.15, -0.1) is 0 Å². The number of hydrogen-bond donors (Lipinski definition) is 0. The number of hydrogen-bond acceptors (Lipinski definition) is 4. The van der Waals surface area contributed by atoms with Crippen LogP contribution in [0.1, 0.15) is 5.56 Å². The van der Waals surface area contributed by atoms with Gasteiger partial charge in [-0.2, -0.15) is 0 Å². The molecule has 4 heteroatoms. The molecule has 5 aromatic carbocycles. The maximum atomic E-state index is 6.36. The van der Waals surface area contributed by atoms with Crippen molar-refractivity contribution in [1.29, 1.82) is 0 Å². The predicted molar refractivity (Wildman–Crippen MR) is 181 cm³/mol. The standard InChI is InChI=1S/C40H27N3O/c1-2-9-27(10-3-1)40-42-35-14-4-5-16-36(35)43(40)29-21-18-26(19-22-29)28-20-23-37-33(25-28)39-32(12-7-17-38(39)44-37)30-11-6-15-34-31(30)13-8-24-41-34/h1-25,35-36H. The molecule has 0 amide bonds. The van der Waals surface area contributed by atoms with Gasteiger partial charge in [-0.3, -0.25) is 9.98 Å². The molecule has 0 N–H and O–H groups in total. The van der Waals surface area contributed by atoms with E-state index in [1.807, 2.05) is 18.3 Å². The second-order valence-corrected chi connectivity index (χ2v) is 11.4. The molecule has 7 aromatic rings. The van der Waals surface area contributed by atoms with Crippen LogP contribution in [0.15, 0.2) is 161 Å². The van der Waals surface area contributed by atoms with Crippen molar-refractivity contribution < 1.29 is 4.42 Å². The minimum atomic E-state index is 0.110. The summed E-state index contributed by atoms with van der Waals surface area (Å²) < 4.78 is 6.36. The first-order chi connectivity index (χ1) is 21.8. The molecular weight excluding hydrogens is 538 g/mol. The number of aromatic nitrogens is 1. The molecule has 0 saturated heterocycles. The van der Waals surface area contributed by atoms with Crippen LogP contribution in [0.3, 0.4) is 0 Å². The van der Waals surface area contributed by atoms with Crippen molar-refractivity contribution in [3.05, 3.63) is 157 Å². The first kappa shape index (κ1) is 24.8. The summed E-state index contributed by atoms with van der Waals surface area (Å²) in [5.74, 6) is 1.01. The van der Waals surface area contributed by atoms with E-state index < -0.39 is 0 Å². The fraction of sp³-hybridized carbons (Fsp3) is 0.0500. The Labute approximate surface area is 254 Å². The molecule has 0 fully saturated rings. The quantitative estimate of drug-likeness (QED) is 0.213. The minimum absolute atomic E-state index is 0.110. The minimum Gasteiger partial charge on any atom is -0.456 e. The largest absolute Gasteiger partial charge is 0.456 e. The maximum Gasteiger partial charge on any atom is 0.136 e. The van der Waals surface area contributed by atoms with Gasteiger partial charge in [0.2, 0.25) is 0 Å². The first-order valence-electron chi connectivity index (χ1n) is 15.0. The van der Waals surface area contributed by atoms with E-state index in [1.54, 1.807) is 0 Å². The van der Waals surface area contributed by atoms with E-state index in [0.29, 0.717) is 0 Å². The van der Waals surface area contributed by atoms with Crippen LogP contribution in [-0.4, -0.2) is 22.9 Å². The Morgan fingerprint density at radius 1 is 0.591 bits per heavy atom. The third-order valence-corrected chi connectivity index (χ3v) is 8.82. The SMILES string of the molecule is C1=CC2N=C(c3ccccc3)N(c3ccc(-c4ccc5oc6cccc(-c7cccc8ncccc78)c6c5c4)cc3)C2C=C1. The van der Waals surface area contributed by atoms with Gasteiger partial charge in [0.1, 0.15) is 17.0 Å². The Kier molecular flexibility index (Phi) is 5.60. The van der Waals surface area contributed by atoms with E-state index in [1.165, 1.54) is 0 Å². The number of fused-ring (bicyclic) bond motifs is 5. The first-order valence-corrected chi connectivity index (χ1v) is 15.0. The number of aliphatic imine (C=N–C) groups is 1. The number of nitrogens with zero attached hydrogens (tertiary/aromatic N) is 3. The van der Waals surface area contributed by atoms with Gasteiger partial charge in [-0.05, 0) is 64.7 Å². The maximum absolute atomic E-state index is 6.36. The smallest absolute Gasteiger partial charge is 0.136 e. The van der Waals surface area contributed by atoms with Gasteiger partial charge >= 0.3 is 0 Å². The van der Waals surface area contributed by atoms with Gasteiger partial charge in [-0.25, -0.2) is 0 Å². The highest BCUT2D eigenvalue weighted by Gasteiger charge is 2.35. The molecule has 208 valence electrons. The second-order valence-electron chi connectivity index (χ2n) is 11.4. The number of amidine groups is 1. The van der Waals surface area contributed by atoms with Crippen LogP contribution < -0.4 is 4.90 Å². The third-order valence-electron chi connectivity index (χ3n) is 8.82. The van der Waals surface area contributed by atoms with Crippen LogP contribution in [0, 0.1) is 0 Å². The van der Waals surface area contributed by atoms with Crippen molar-refractivity contribution in [1.82, 2.24) is 4.98 Å². The molecule has 4 nitrogen and oxygen atoms in total. The summed E-state index contributed by atoms with van der Waals surface area (Å²) in [5.41, 5.74) is 9.63. The fourth-order valence-electron chi connectivity index (χ4n) is 6.77. The molecule has 2 unspecified atom stereocenters. The Balaban J connectivity index is 1.13. The van der Waals surface area contributed by atoms with Crippen LogP contribution in [-0.2, 0) is 0 Å². The zero-order valence-electron chi connectivity index (χ0n) is 23.8. The van der Waals surface area contributed by atoms with Crippen molar-refractivity contribution in [2.75, 3.05) is 4.90 Å². The second kappa shape index (κ2) is 9.92. The molecule has 2 aromatic heterocycles. The highest BCUT2D eigenvalue weighted by atomic mass is 16.3. The van der Waals surface area contributed by atoms with Gasteiger partial charge in [0.05, 0.1) is 17.6 Å². The summed E-state index contributed by atoms with van der Waals surface area (Å²) in [5, 5.41) is 3.37. The van der Waals surface area contributed by atoms with Gasteiger partial charge < -0.3 is 9.32 Å². The molecular formula is C40H27N3O. The number of anilines is 1. The van der Waals surface area contributed by atoms with Crippen molar-refractivity contribution in [2.24, 2.45) is 4.99 Å². The summed E-state index contributed by atoms with van der Waals surface area (Å²) in [6.45, 7) is 0. The molecule has 2 aliphatic rings. The summed E-state index contributed by atoms with van der Waals surface area (Å²) in [6, 6.07) is 42.9. The lowest BCUT2D eigenvalue weighted by molar-refractivity contribution is 0.669. The van der Waals surface area contributed by atoms with Gasteiger partial charge in [0, 0.05) is 33.6 Å². The average Bonchev–Trinajstić information content (AvgIpc) is 3.67. The van der Waals surface area contributed by atoms with Crippen molar-refractivity contribution >= 4 is 44.4 Å². The Bertz CT molecular complexity index is 2290. The predicted octanol–water partition coefficient (Wildman–Crippen LogP) is 9.60. The molecule has 1 aliphatic heterocycles. The van der Waals surface area contributed by atoms with Gasteiger partial charge in [0.15, 0.2) is 0 Å². The van der Waals surface area contributed by atoms with Crippen molar-refractivity contribution in [2.45, 2.75) is 12.1 Å². The summed E-state index contributed by atoms with van der Waals surface area (Å²) >= 11 is 0. The van der Waals surface area contributed by atoms with Gasteiger partial charge in [0.25, 0.3) is 0 Å². The summed E-state index contributed by atoms with van der Waals surface area (Å²) in [4.78, 5) is 12.1. The lowest BCUT2D eigenvalue weighted by Gasteiger charge is -2.29. The number of benzene rings is 5. The highest BCUT2D eigenvalue weighted by Crippen LogP contribution is 2.40. The number of allylic oxidation sites excluding steroid dienone is 2.